The molecule has 0 radical (unpaired) electrons. The van der Waals surface area contributed by atoms with Crippen molar-refractivity contribution in [2.24, 2.45) is 0 Å². The largest absolute Gasteiger partial charge is 0.481 e. The van der Waals surface area contributed by atoms with Crippen molar-refractivity contribution in [3.63, 3.8) is 0 Å². The number of carboxylic acids is 1. The molecule has 18 heteroatoms. The van der Waals surface area contributed by atoms with Gasteiger partial charge in [-0.1, -0.05) is 0 Å². The van der Waals surface area contributed by atoms with E-state index < -0.39 is 74.6 Å². The minimum atomic E-state index is -4.88. The summed E-state index contributed by atoms with van der Waals surface area (Å²) in [6, 6.07) is 0. The summed E-state index contributed by atoms with van der Waals surface area (Å²) in [7, 11) is -4.88. The molecular weight excluding hydrogens is 461 g/mol. The van der Waals surface area contributed by atoms with E-state index in [9.17, 15) is 34.0 Å². The van der Waals surface area contributed by atoms with Gasteiger partial charge in [-0.25, -0.2) is 9.55 Å². The Kier molecular flexibility index (Phi) is 6.51. The number of hydrogen-bond acceptors (Lipinski definition) is 11. The molecule has 2 aromatic heterocycles. The number of hydrogen-bond donors (Lipinski definition) is 7. The van der Waals surface area contributed by atoms with Crippen LogP contribution in [0, 0.1) is 0 Å². The second-order valence-corrected chi connectivity index (χ2v) is 7.76. The molecule has 174 valence electrons. The van der Waals surface area contributed by atoms with E-state index in [1.54, 1.807) is 0 Å². The van der Waals surface area contributed by atoms with Gasteiger partial charge in [-0.15, -0.1) is 0 Å². The number of aromatic amines is 1. The summed E-state index contributed by atoms with van der Waals surface area (Å²) in [5.74, 6) is -4.74. The number of aliphatic carboxylic acids is 1. The van der Waals surface area contributed by atoms with Crippen LogP contribution in [-0.2, 0) is 28.2 Å². The molecule has 0 aliphatic carbocycles. The lowest BCUT2D eigenvalue weighted by molar-refractivity contribution is -0.144. The number of anilines is 1. The van der Waals surface area contributed by atoms with Crippen LogP contribution in [-0.4, -0.2) is 87.2 Å². The van der Waals surface area contributed by atoms with Gasteiger partial charge in [0.1, 0.15) is 24.7 Å². The number of rotatable bonds is 8. The lowest BCUT2D eigenvalue weighted by Crippen LogP contribution is -2.33. The molecule has 0 spiro atoms. The van der Waals surface area contributed by atoms with Gasteiger partial charge in [-0.2, -0.15) is 4.98 Å². The number of Topliss-reactive ketones (excluding diaryl/α,β-unsaturated/α-hetero) is 1. The number of ether oxygens (including phenoxy) is 1. The van der Waals surface area contributed by atoms with Gasteiger partial charge in [-0.05, 0) is 0 Å². The van der Waals surface area contributed by atoms with Crippen molar-refractivity contribution in [1.82, 2.24) is 19.5 Å². The molecule has 4 atom stereocenters. The van der Waals surface area contributed by atoms with Gasteiger partial charge < -0.3 is 29.8 Å². The summed E-state index contributed by atoms with van der Waals surface area (Å²) in [4.78, 5) is 73.4. The number of phosphoric acid groups is 1. The normalized spacial score (nSPS) is 23.4. The highest BCUT2D eigenvalue weighted by atomic mass is 31.2. The highest BCUT2D eigenvalue weighted by Gasteiger charge is 2.45. The number of fused-ring (bicyclic) bond motifs is 1. The van der Waals surface area contributed by atoms with Crippen LogP contribution in [0.2, 0.25) is 0 Å². The molecule has 1 fully saturated rings. The summed E-state index contributed by atoms with van der Waals surface area (Å²) < 4.78 is 21.5. The second kappa shape index (κ2) is 8.83. The quantitative estimate of drug-likeness (QED) is 0.112. The number of amides is 1. The number of H-pyrrole nitrogens is 1. The van der Waals surface area contributed by atoms with Crippen LogP contribution in [0.25, 0.3) is 11.2 Å². The van der Waals surface area contributed by atoms with Gasteiger partial charge in [0.25, 0.3) is 11.5 Å². The highest BCUT2D eigenvalue weighted by molar-refractivity contribution is 7.46. The number of nitrogens with zero attached hydrogens (tertiary/aromatic N) is 3. The molecule has 2 aromatic rings. The SMILES string of the molecule is O=C(O)CC(=O)C(=O)Nc1nc2c(ncn2[C@@H]2O[C@H](COP(=O)(O)O)[C@@H](O)[C@H]2O)c(=O)[nH]1. The lowest BCUT2D eigenvalue weighted by atomic mass is 10.1. The number of ketones is 1. The maximum Gasteiger partial charge on any atom is 0.469 e. The van der Waals surface area contributed by atoms with E-state index in [1.165, 1.54) is 0 Å². The third-order valence-electron chi connectivity index (χ3n) is 4.25. The fourth-order valence-corrected chi connectivity index (χ4v) is 3.17. The lowest BCUT2D eigenvalue weighted by Gasteiger charge is -2.16. The van der Waals surface area contributed by atoms with E-state index in [2.05, 4.69) is 19.5 Å². The Bertz CT molecular complexity index is 1170. The number of imidazole rings is 1. The van der Waals surface area contributed by atoms with E-state index in [4.69, 9.17) is 19.6 Å². The summed E-state index contributed by atoms with van der Waals surface area (Å²) in [5, 5.41) is 30.9. The van der Waals surface area contributed by atoms with Gasteiger partial charge in [0.15, 0.2) is 17.4 Å². The minimum Gasteiger partial charge on any atom is -0.481 e. The van der Waals surface area contributed by atoms with E-state index in [0.717, 1.165) is 10.9 Å². The minimum absolute atomic E-state index is 0.262. The van der Waals surface area contributed by atoms with Gasteiger partial charge in [0.2, 0.25) is 11.7 Å². The molecule has 1 amide bonds. The Morgan fingerprint density at radius 3 is 2.59 bits per heavy atom. The molecule has 7 N–H and O–H groups in total. The first-order valence-electron chi connectivity index (χ1n) is 8.62. The van der Waals surface area contributed by atoms with Crippen LogP contribution in [0.3, 0.4) is 0 Å². The Balaban J connectivity index is 1.87. The monoisotopic (exact) mass is 477 g/mol. The average molecular weight is 477 g/mol. The number of nitrogens with one attached hydrogen (secondary N) is 2. The molecule has 0 unspecified atom stereocenters. The van der Waals surface area contributed by atoms with Crippen molar-refractivity contribution in [1.29, 1.82) is 0 Å². The molecule has 0 saturated carbocycles. The van der Waals surface area contributed by atoms with E-state index in [0.29, 0.717) is 0 Å². The van der Waals surface area contributed by atoms with Crippen molar-refractivity contribution in [2.75, 3.05) is 11.9 Å². The highest BCUT2D eigenvalue weighted by Crippen LogP contribution is 2.38. The van der Waals surface area contributed by atoms with Gasteiger partial charge in [0, 0.05) is 0 Å². The van der Waals surface area contributed by atoms with Crippen molar-refractivity contribution in [3.8, 4) is 0 Å². The summed E-state index contributed by atoms with van der Waals surface area (Å²) in [5.41, 5.74) is -1.41. The number of phosphoric ester groups is 1. The fourth-order valence-electron chi connectivity index (χ4n) is 2.83. The maximum absolute atomic E-state index is 12.2. The number of aliphatic hydroxyl groups excluding tert-OH is 2. The Hall–Kier alpha value is -3.05. The molecule has 3 rings (SSSR count). The van der Waals surface area contributed by atoms with Crippen molar-refractivity contribution < 1.29 is 53.3 Å². The molecule has 17 nitrogen and oxygen atoms in total. The fraction of sp³-hybridized carbons (Fsp3) is 0.429. The number of aromatic nitrogens is 4. The van der Waals surface area contributed by atoms with Crippen LogP contribution in [0.15, 0.2) is 11.1 Å². The van der Waals surface area contributed by atoms with Crippen LogP contribution in [0.4, 0.5) is 5.95 Å². The van der Waals surface area contributed by atoms with Crippen molar-refractivity contribution in [3.05, 3.63) is 16.7 Å². The van der Waals surface area contributed by atoms with Gasteiger partial charge in [0.05, 0.1) is 12.9 Å². The summed E-state index contributed by atoms with van der Waals surface area (Å²) in [6.07, 6.45) is -6.16. The van der Waals surface area contributed by atoms with E-state index in [-0.39, 0.29) is 11.2 Å². The predicted molar refractivity (Wildman–Crippen MR) is 98.0 cm³/mol. The first kappa shape index (κ1) is 23.6. The molecule has 32 heavy (non-hydrogen) atoms. The molecule has 1 aliphatic rings. The average Bonchev–Trinajstić information content (AvgIpc) is 3.21. The van der Waals surface area contributed by atoms with Gasteiger partial charge >= 0.3 is 13.8 Å². The Morgan fingerprint density at radius 2 is 1.97 bits per heavy atom. The molecule has 0 bridgehead atoms. The second-order valence-electron chi connectivity index (χ2n) is 6.52. The standard InChI is InChI=1S/C14H16N5O12P/c20-4(1-6(21)22)11(25)17-14-16-10-7(12(26)18-14)15-3-19(10)13-9(24)8(23)5(31-13)2-30-32(27,28)29/h3,5,8-9,13,23-24H,1-2H2,(H,21,22)(H2,27,28,29)(H2,16,17,18,25,26)/t5-,8-,9-,13-/m1/s1. The van der Waals surface area contributed by atoms with E-state index in [1.807, 2.05) is 5.32 Å². The molecule has 3 heterocycles. The summed E-state index contributed by atoms with van der Waals surface area (Å²) in [6.45, 7) is -0.771. The number of carbonyl (C=O) groups excluding carboxylic acids is 2. The van der Waals surface area contributed by atoms with Crippen LogP contribution < -0.4 is 10.9 Å². The number of carbonyl (C=O) groups is 3. The molecule has 0 aromatic carbocycles. The number of aliphatic hydroxyl groups is 2. The van der Waals surface area contributed by atoms with Gasteiger partial charge in [-0.3, -0.25) is 38.6 Å². The zero-order valence-electron chi connectivity index (χ0n) is 15.7. The third kappa shape index (κ3) is 5.05. The Morgan fingerprint density at radius 1 is 1.28 bits per heavy atom. The number of carboxylic acid groups (broad SMARTS) is 1. The van der Waals surface area contributed by atoms with Crippen LogP contribution >= 0.6 is 7.82 Å². The van der Waals surface area contributed by atoms with Crippen molar-refractivity contribution in [2.45, 2.75) is 31.0 Å². The zero-order valence-corrected chi connectivity index (χ0v) is 16.6. The van der Waals surface area contributed by atoms with Crippen LogP contribution in [0.1, 0.15) is 12.6 Å². The Labute approximate surface area is 175 Å². The molecule has 1 saturated heterocycles. The van der Waals surface area contributed by atoms with E-state index >= 15 is 0 Å². The smallest absolute Gasteiger partial charge is 0.469 e. The molecule has 1 aliphatic heterocycles. The maximum atomic E-state index is 12.2. The third-order valence-corrected chi connectivity index (χ3v) is 4.73. The predicted octanol–water partition coefficient (Wildman–Crippen LogP) is -3.17. The first-order valence-corrected chi connectivity index (χ1v) is 10.1. The van der Waals surface area contributed by atoms with Crippen LogP contribution in [0.5, 0.6) is 0 Å². The zero-order chi connectivity index (χ0) is 23.8. The molecular formula is C14H16N5O12P. The van der Waals surface area contributed by atoms with Crippen molar-refractivity contribution >= 4 is 42.6 Å². The topological polar surface area (TPSA) is 263 Å². The first-order chi connectivity index (χ1) is 14.9. The summed E-state index contributed by atoms with van der Waals surface area (Å²) >= 11 is 0.